The predicted octanol–water partition coefficient (Wildman–Crippen LogP) is 4.56. The number of amides is 1. The summed E-state index contributed by atoms with van der Waals surface area (Å²) in [5.74, 6) is 1.34. The molecule has 4 rings (SSSR count). The molecule has 1 aromatic carbocycles. The predicted molar refractivity (Wildman–Crippen MR) is 123 cm³/mol. The average molecular weight is 436 g/mol. The fourth-order valence-electron chi connectivity index (χ4n) is 4.62. The van der Waals surface area contributed by atoms with Crippen molar-refractivity contribution in [3.8, 4) is 0 Å². The van der Waals surface area contributed by atoms with Gasteiger partial charge in [-0.2, -0.15) is 0 Å². The lowest BCUT2D eigenvalue weighted by molar-refractivity contribution is -0.384. The Morgan fingerprint density at radius 1 is 1.22 bits per heavy atom. The van der Waals surface area contributed by atoms with Crippen molar-refractivity contribution in [3.63, 3.8) is 0 Å². The number of carbonyl (C=O) groups is 1. The molecule has 1 aliphatic rings. The maximum Gasteiger partial charge on any atom is 0.269 e. The first kappa shape index (κ1) is 21.9. The minimum absolute atomic E-state index is 0.0600. The van der Waals surface area contributed by atoms with Crippen molar-refractivity contribution >= 4 is 22.6 Å². The number of likely N-dealkylation sites (tertiary alicyclic amines) is 1. The Bertz CT molecular complexity index is 1160. The van der Waals surface area contributed by atoms with Gasteiger partial charge in [0.1, 0.15) is 5.82 Å². The molecule has 1 amide bonds. The van der Waals surface area contributed by atoms with Crippen LogP contribution in [0.1, 0.15) is 61.7 Å². The fraction of sp³-hybridized carbons (Fsp3) is 0.458. The van der Waals surface area contributed by atoms with E-state index in [-0.39, 0.29) is 11.6 Å². The minimum Gasteiger partial charge on any atom is -0.343 e. The number of aromatic nitrogens is 3. The van der Waals surface area contributed by atoms with Crippen LogP contribution in [-0.4, -0.2) is 43.8 Å². The molecule has 0 radical (unpaired) electrons. The van der Waals surface area contributed by atoms with Gasteiger partial charge in [0.05, 0.1) is 21.7 Å². The molecule has 8 nitrogen and oxygen atoms in total. The van der Waals surface area contributed by atoms with Gasteiger partial charge in [0.2, 0.25) is 5.91 Å². The molecule has 0 spiro atoms. The van der Waals surface area contributed by atoms with E-state index in [1.54, 1.807) is 12.1 Å². The number of benzene rings is 1. The van der Waals surface area contributed by atoms with Gasteiger partial charge in [0.25, 0.3) is 5.69 Å². The molecular weight excluding hydrogens is 406 g/mol. The normalized spacial score (nSPS) is 15.3. The molecule has 1 N–H and O–H groups in total. The molecule has 1 saturated heterocycles. The van der Waals surface area contributed by atoms with Crippen molar-refractivity contribution in [2.45, 2.75) is 58.3 Å². The third-order valence-corrected chi connectivity index (χ3v) is 6.59. The van der Waals surface area contributed by atoms with Crippen LogP contribution in [0, 0.1) is 24.0 Å². The molecule has 32 heavy (non-hydrogen) atoms. The molecule has 1 aliphatic heterocycles. The van der Waals surface area contributed by atoms with Gasteiger partial charge in [-0.15, -0.1) is 0 Å². The number of pyridine rings is 1. The van der Waals surface area contributed by atoms with Crippen LogP contribution in [0.25, 0.3) is 11.0 Å². The highest BCUT2D eigenvalue weighted by molar-refractivity contribution is 5.81. The lowest BCUT2D eigenvalue weighted by atomic mass is 9.80. The summed E-state index contributed by atoms with van der Waals surface area (Å²) in [5, 5.41) is 10.9. The largest absolute Gasteiger partial charge is 0.343 e. The van der Waals surface area contributed by atoms with Crippen LogP contribution >= 0.6 is 0 Å². The lowest BCUT2D eigenvalue weighted by Crippen LogP contribution is -2.40. The third kappa shape index (κ3) is 4.22. The summed E-state index contributed by atoms with van der Waals surface area (Å²) in [5.41, 5.74) is 4.70. The summed E-state index contributed by atoms with van der Waals surface area (Å²) in [6.07, 6.45) is 4.08. The fourth-order valence-corrected chi connectivity index (χ4v) is 4.62. The van der Waals surface area contributed by atoms with Crippen molar-refractivity contribution in [1.82, 2.24) is 19.9 Å². The number of aromatic amines is 1. The number of nitro groups is 1. The number of nitro benzene ring substituents is 1. The van der Waals surface area contributed by atoms with Crippen LogP contribution in [0.3, 0.4) is 0 Å². The molecule has 0 bridgehead atoms. The highest BCUT2D eigenvalue weighted by Gasteiger charge is 2.31. The van der Waals surface area contributed by atoms with Gasteiger partial charge in [-0.25, -0.2) is 4.98 Å². The number of carbonyl (C=O) groups excluding carboxylic acids is 1. The molecule has 0 atom stereocenters. The van der Waals surface area contributed by atoms with E-state index in [9.17, 15) is 14.9 Å². The number of nitrogens with zero attached hydrogens (tertiary/aromatic N) is 4. The Morgan fingerprint density at radius 3 is 2.50 bits per heavy atom. The van der Waals surface area contributed by atoms with E-state index >= 15 is 0 Å². The van der Waals surface area contributed by atoms with E-state index in [1.807, 2.05) is 38.8 Å². The molecule has 8 heteroatoms. The standard InChI is InChI=1S/C24H29N5O3/c1-15-22-23(27-16(2)26-22)20(14-25-15)17-9-11-28(12-10-17)21(30)13-24(3,4)18-5-7-19(8-6-18)29(31)32/h5-8,14,17H,9-13H2,1-4H3,(H,26,27). The van der Waals surface area contributed by atoms with Crippen molar-refractivity contribution in [1.29, 1.82) is 0 Å². The number of piperidine rings is 1. The number of H-pyrrole nitrogens is 1. The molecule has 3 heterocycles. The van der Waals surface area contributed by atoms with Gasteiger partial charge >= 0.3 is 0 Å². The zero-order valence-electron chi connectivity index (χ0n) is 19.0. The number of aryl methyl sites for hydroxylation is 2. The molecule has 1 fully saturated rings. The Hall–Kier alpha value is -3.29. The second kappa shape index (κ2) is 8.33. The van der Waals surface area contributed by atoms with Crippen LogP contribution in [0.2, 0.25) is 0 Å². The van der Waals surface area contributed by atoms with Crippen LogP contribution in [0.15, 0.2) is 30.5 Å². The number of nitrogens with one attached hydrogen (secondary N) is 1. The Kier molecular flexibility index (Phi) is 5.71. The Labute approximate surface area is 187 Å². The summed E-state index contributed by atoms with van der Waals surface area (Å²) in [7, 11) is 0. The molecule has 0 aliphatic carbocycles. The maximum atomic E-state index is 13.1. The zero-order chi connectivity index (χ0) is 23.0. The molecule has 3 aromatic rings. The van der Waals surface area contributed by atoms with E-state index in [0.717, 1.165) is 46.5 Å². The molecule has 168 valence electrons. The van der Waals surface area contributed by atoms with E-state index in [2.05, 4.69) is 15.0 Å². The number of rotatable bonds is 5. The quantitative estimate of drug-likeness (QED) is 0.467. The summed E-state index contributed by atoms with van der Waals surface area (Å²) in [4.78, 5) is 38.0. The van der Waals surface area contributed by atoms with Gasteiger partial charge in [0, 0.05) is 43.4 Å². The monoisotopic (exact) mass is 435 g/mol. The third-order valence-electron chi connectivity index (χ3n) is 6.59. The minimum atomic E-state index is -0.409. The van der Waals surface area contributed by atoms with E-state index < -0.39 is 10.3 Å². The average Bonchev–Trinajstić information content (AvgIpc) is 3.16. The zero-order valence-corrected chi connectivity index (χ0v) is 19.0. The van der Waals surface area contributed by atoms with Crippen LogP contribution in [0.5, 0.6) is 0 Å². The second-order valence-electron chi connectivity index (χ2n) is 9.36. The summed E-state index contributed by atoms with van der Waals surface area (Å²) >= 11 is 0. The number of fused-ring (bicyclic) bond motifs is 1. The molecular formula is C24H29N5O3. The van der Waals surface area contributed by atoms with Crippen LogP contribution in [-0.2, 0) is 10.2 Å². The van der Waals surface area contributed by atoms with Crippen LogP contribution < -0.4 is 0 Å². The van der Waals surface area contributed by atoms with Gasteiger partial charge in [-0.3, -0.25) is 19.9 Å². The first-order valence-electron chi connectivity index (χ1n) is 11.0. The van der Waals surface area contributed by atoms with Crippen molar-refractivity contribution in [2.24, 2.45) is 0 Å². The lowest BCUT2D eigenvalue weighted by Gasteiger charge is -2.35. The van der Waals surface area contributed by atoms with Gasteiger partial charge in [-0.1, -0.05) is 26.0 Å². The van der Waals surface area contributed by atoms with Gasteiger partial charge in [0.15, 0.2) is 0 Å². The van der Waals surface area contributed by atoms with Crippen LogP contribution in [0.4, 0.5) is 5.69 Å². The summed E-state index contributed by atoms with van der Waals surface area (Å²) in [6.45, 7) is 9.37. The summed E-state index contributed by atoms with van der Waals surface area (Å²) < 4.78 is 0. The number of hydrogen-bond donors (Lipinski definition) is 1. The molecule has 0 saturated carbocycles. The smallest absolute Gasteiger partial charge is 0.269 e. The van der Waals surface area contributed by atoms with Gasteiger partial charge in [-0.05, 0) is 43.6 Å². The maximum absolute atomic E-state index is 13.1. The van der Waals surface area contributed by atoms with Crippen molar-refractivity contribution in [2.75, 3.05) is 13.1 Å². The first-order valence-corrected chi connectivity index (χ1v) is 11.0. The summed E-state index contributed by atoms with van der Waals surface area (Å²) in [6, 6.07) is 6.50. The topological polar surface area (TPSA) is 105 Å². The Balaban J connectivity index is 1.41. The molecule has 0 unspecified atom stereocenters. The van der Waals surface area contributed by atoms with Gasteiger partial charge < -0.3 is 9.88 Å². The van der Waals surface area contributed by atoms with Crippen molar-refractivity contribution < 1.29 is 9.72 Å². The number of non-ortho nitro benzene ring substituents is 1. The Morgan fingerprint density at radius 2 is 1.88 bits per heavy atom. The number of hydrogen-bond acceptors (Lipinski definition) is 5. The first-order chi connectivity index (χ1) is 15.2. The van der Waals surface area contributed by atoms with E-state index in [1.165, 1.54) is 12.1 Å². The SMILES string of the molecule is Cc1nc2c(C3CCN(C(=O)CC(C)(C)c4ccc([N+](=O)[O-])cc4)CC3)cnc(C)c2[nH]1. The van der Waals surface area contributed by atoms with Crippen molar-refractivity contribution in [3.05, 3.63) is 63.2 Å². The highest BCUT2D eigenvalue weighted by atomic mass is 16.6. The molecule has 2 aromatic heterocycles. The van der Waals surface area contributed by atoms with E-state index in [4.69, 9.17) is 0 Å². The second-order valence-corrected chi connectivity index (χ2v) is 9.36. The van der Waals surface area contributed by atoms with E-state index in [0.29, 0.717) is 25.4 Å². The highest BCUT2D eigenvalue weighted by Crippen LogP contribution is 2.34. The number of imidazole rings is 1.